The average molecular weight is 221 g/mol. The van der Waals surface area contributed by atoms with Crippen molar-refractivity contribution in [1.29, 1.82) is 0 Å². The summed E-state index contributed by atoms with van der Waals surface area (Å²) in [5, 5.41) is 6.37. The average Bonchev–Trinajstić information content (AvgIpc) is 2.39. The summed E-state index contributed by atoms with van der Waals surface area (Å²) in [7, 11) is 3.89. The summed E-state index contributed by atoms with van der Waals surface area (Å²) in [4.78, 5) is 10.8. The minimum absolute atomic E-state index is 0.571. The van der Waals surface area contributed by atoms with Gasteiger partial charge in [0.1, 0.15) is 18.0 Å². The van der Waals surface area contributed by atoms with Crippen LogP contribution >= 0.6 is 0 Å². The Morgan fingerprint density at radius 2 is 2.25 bits per heavy atom. The van der Waals surface area contributed by atoms with Gasteiger partial charge in [0.25, 0.3) is 0 Å². The summed E-state index contributed by atoms with van der Waals surface area (Å²) in [5.41, 5.74) is 0. The number of piperidine rings is 1. The standard InChI is InChI=1S/C11H19N5/c1-12-9-4-3-5-16(7-9)11-6-10(13-2)14-8-15-11/h6,8-9,12H,3-5,7H2,1-2H3,(H,13,14,15). The van der Waals surface area contributed by atoms with E-state index in [0.29, 0.717) is 6.04 Å². The number of aromatic nitrogens is 2. The lowest BCUT2D eigenvalue weighted by Crippen LogP contribution is -2.44. The summed E-state index contributed by atoms with van der Waals surface area (Å²) >= 11 is 0. The Balaban J connectivity index is 2.10. The van der Waals surface area contributed by atoms with Crippen LogP contribution in [-0.2, 0) is 0 Å². The molecule has 1 atom stereocenters. The van der Waals surface area contributed by atoms with Crippen molar-refractivity contribution >= 4 is 11.6 Å². The van der Waals surface area contributed by atoms with Gasteiger partial charge in [-0.3, -0.25) is 0 Å². The highest BCUT2D eigenvalue weighted by molar-refractivity contribution is 5.48. The van der Waals surface area contributed by atoms with Crippen molar-refractivity contribution in [2.75, 3.05) is 37.4 Å². The minimum Gasteiger partial charge on any atom is -0.373 e. The van der Waals surface area contributed by atoms with E-state index < -0.39 is 0 Å². The molecule has 1 unspecified atom stereocenters. The molecule has 2 rings (SSSR count). The molecule has 0 aromatic carbocycles. The molecule has 5 nitrogen and oxygen atoms in total. The molecule has 1 saturated heterocycles. The molecule has 5 heteroatoms. The molecular formula is C11H19N5. The summed E-state index contributed by atoms with van der Waals surface area (Å²) in [6.07, 6.45) is 4.07. The topological polar surface area (TPSA) is 53.1 Å². The van der Waals surface area contributed by atoms with Gasteiger partial charge in [0.2, 0.25) is 0 Å². The van der Waals surface area contributed by atoms with Gasteiger partial charge in [-0.1, -0.05) is 0 Å². The molecule has 1 aromatic heterocycles. The van der Waals surface area contributed by atoms with Crippen LogP contribution in [0.3, 0.4) is 0 Å². The maximum absolute atomic E-state index is 4.33. The molecule has 0 amide bonds. The fraction of sp³-hybridized carbons (Fsp3) is 0.636. The van der Waals surface area contributed by atoms with Crippen molar-refractivity contribution in [1.82, 2.24) is 15.3 Å². The van der Waals surface area contributed by atoms with E-state index in [-0.39, 0.29) is 0 Å². The number of rotatable bonds is 3. The van der Waals surface area contributed by atoms with Gasteiger partial charge >= 0.3 is 0 Å². The van der Waals surface area contributed by atoms with Crippen molar-refractivity contribution in [3.8, 4) is 0 Å². The molecule has 2 N–H and O–H groups in total. The number of likely N-dealkylation sites (N-methyl/N-ethyl adjacent to an activating group) is 1. The third-order valence-electron chi connectivity index (χ3n) is 3.06. The third-order valence-corrected chi connectivity index (χ3v) is 3.06. The van der Waals surface area contributed by atoms with E-state index in [9.17, 15) is 0 Å². The predicted octanol–water partition coefficient (Wildman–Crippen LogP) is 0.706. The molecular weight excluding hydrogens is 202 g/mol. The summed E-state index contributed by atoms with van der Waals surface area (Å²) in [6.45, 7) is 2.11. The van der Waals surface area contributed by atoms with Crippen LogP contribution in [-0.4, -0.2) is 43.2 Å². The number of hydrogen-bond donors (Lipinski definition) is 2. The maximum Gasteiger partial charge on any atom is 0.134 e. The van der Waals surface area contributed by atoms with Crippen LogP contribution < -0.4 is 15.5 Å². The molecule has 1 aromatic rings. The van der Waals surface area contributed by atoms with Gasteiger partial charge in [-0.15, -0.1) is 0 Å². The van der Waals surface area contributed by atoms with E-state index in [1.807, 2.05) is 20.2 Å². The predicted molar refractivity (Wildman–Crippen MR) is 65.9 cm³/mol. The first-order valence-corrected chi connectivity index (χ1v) is 5.75. The van der Waals surface area contributed by atoms with Crippen LogP contribution in [0.2, 0.25) is 0 Å². The van der Waals surface area contributed by atoms with Gasteiger partial charge in [0.15, 0.2) is 0 Å². The third kappa shape index (κ3) is 2.41. The quantitative estimate of drug-likeness (QED) is 0.787. The molecule has 16 heavy (non-hydrogen) atoms. The van der Waals surface area contributed by atoms with E-state index in [1.54, 1.807) is 6.33 Å². The molecule has 0 bridgehead atoms. The van der Waals surface area contributed by atoms with Crippen molar-refractivity contribution < 1.29 is 0 Å². The van der Waals surface area contributed by atoms with Crippen LogP contribution in [0.15, 0.2) is 12.4 Å². The lowest BCUT2D eigenvalue weighted by molar-refractivity contribution is 0.447. The molecule has 0 aliphatic carbocycles. The molecule has 2 heterocycles. The van der Waals surface area contributed by atoms with E-state index in [2.05, 4.69) is 25.5 Å². The molecule has 1 fully saturated rings. The van der Waals surface area contributed by atoms with Crippen LogP contribution in [0.1, 0.15) is 12.8 Å². The Morgan fingerprint density at radius 3 is 3.00 bits per heavy atom. The van der Waals surface area contributed by atoms with Gasteiger partial charge in [0.05, 0.1) is 0 Å². The van der Waals surface area contributed by atoms with Gasteiger partial charge in [-0.2, -0.15) is 0 Å². The SMILES string of the molecule is CNc1cc(N2CCCC(NC)C2)ncn1. The second-order valence-electron chi connectivity index (χ2n) is 4.09. The smallest absolute Gasteiger partial charge is 0.134 e. The molecule has 1 aliphatic heterocycles. The summed E-state index contributed by atoms with van der Waals surface area (Å²) < 4.78 is 0. The highest BCUT2D eigenvalue weighted by Gasteiger charge is 2.19. The Kier molecular flexibility index (Phi) is 3.56. The van der Waals surface area contributed by atoms with E-state index in [0.717, 1.165) is 24.7 Å². The number of hydrogen-bond acceptors (Lipinski definition) is 5. The van der Waals surface area contributed by atoms with Gasteiger partial charge < -0.3 is 15.5 Å². The fourth-order valence-electron chi connectivity index (χ4n) is 2.08. The Bertz CT molecular complexity index is 341. The van der Waals surface area contributed by atoms with Crippen molar-refractivity contribution in [2.24, 2.45) is 0 Å². The fourth-order valence-corrected chi connectivity index (χ4v) is 2.08. The lowest BCUT2D eigenvalue weighted by Gasteiger charge is -2.33. The molecule has 0 spiro atoms. The van der Waals surface area contributed by atoms with E-state index >= 15 is 0 Å². The van der Waals surface area contributed by atoms with Crippen LogP contribution in [0.4, 0.5) is 11.6 Å². The number of anilines is 2. The minimum atomic E-state index is 0.571. The normalized spacial score (nSPS) is 20.9. The highest BCUT2D eigenvalue weighted by atomic mass is 15.2. The highest BCUT2D eigenvalue weighted by Crippen LogP contribution is 2.18. The van der Waals surface area contributed by atoms with Crippen LogP contribution in [0.25, 0.3) is 0 Å². The second kappa shape index (κ2) is 5.12. The Morgan fingerprint density at radius 1 is 1.38 bits per heavy atom. The number of nitrogens with one attached hydrogen (secondary N) is 2. The zero-order valence-electron chi connectivity index (χ0n) is 9.90. The van der Waals surface area contributed by atoms with E-state index in [4.69, 9.17) is 0 Å². The molecule has 0 saturated carbocycles. The summed E-state index contributed by atoms with van der Waals surface area (Å²) in [6, 6.07) is 2.57. The van der Waals surface area contributed by atoms with Crippen molar-refractivity contribution in [2.45, 2.75) is 18.9 Å². The van der Waals surface area contributed by atoms with Gasteiger partial charge in [-0.05, 0) is 19.9 Å². The first-order valence-electron chi connectivity index (χ1n) is 5.75. The maximum atomic E-state index is 4.33. The first kappa shape index (κ1) is 11.1. The second-order valence-corrected chi connectivity index (χ2v) is 4.09. The largest absolute Gasteiger partial charge is 0.373 e. The lowest BCUT2D eigenvalue weighted by atomic mass is 10.1. The van der Waals surface area contributed by atoms with E-state index in [1.165, 1.54) is 12.8 Å². The van der Waals surface area contributed by atoms with Crippen LogP contribution in [0, 0.1) is 0 Å². The summed E-state index contributed by atoms with van der Waals surface area (Å²) in [5.74, 6) is 1.89. The van der Waals surface area contributed by atoms with Crippen LogP contribution in [0.5, 0.6) is 0 Å². The molecule has 1 aliphatic rings. The van der Waals surface area contributed by atoms with Gasteiger partial charge in [0, 0.05) is 32.2 Å². The molecule has 88 valence electrons. The monoisotopic (exact) mass is 221 g/mol. The zero-order chi connectivity index (χ0) is 11.4. The van der Waals surface area contributed by atoms with Crippen molar-refractivity contribution in [3.05, 3.63) is 12.4 Å². The zero-order valence-corrected chi connectivity index (χ0v) is 9.90. The van der Waals surface area contributed by atoms with Gasteiger partial charge in [-0.25, -0.2) is 9.97 Å². The Hall–Kier alpha value is -1.36. The molecule has 0 radical (unpaired) electrons. The number of nitrogens with zero attached hydrogens (tertiary/aromatic N) is 3. The first-order chi connectivity index (χ1) is 7.83. The van der Waals surface area contributed by atoms with Crippen molar-refractivity contribution in [3.63, 3.8) is 0 Å². The Labute approximate surface area is 96.3 Å².